The highest BCUT2D eigenvalue weighted by Crippen LogP contribution is 2.40. The van der Waals surface area contributed by atoms with Crippen LogP contribution in [0.2, 0.25) is 0 Å². The van der Waals surface area contributed by atoms with E-state index in [0.29, 0.717) is 11.9 Å². The molecule has 134 valence electrons. The van der Waals surface area contributed by atoms with Crippen LogP contribution >= 0.6 is 15.9 Å². The maximum atomic E-state index is 12.3. The summed E-state index contributed by atoms with van der Waals surface area (Å²) in [4.78, 5) is 12.3. The van der Waals surface area contributed by atoms with E-state index in [9.17, 15) is 15.0 Å². The van der Waals surface area contributed by atoms with Gasteiger partial charge < -0.3 is 14.8 Å². The van der Waals surface area contributed by atoms with Gasteiger partial charge in [0.05, 0.1) is 11.1 Å². The van der Waals surface area contributed by atoms with Gasteiger partial charge in [-0.2, -0.15) is 0 Å². The van der Waals surface area contributed by atoms with Gasteiger partial charge in [0.15, 0.2) is 5.69 Å². The number of nitrogens with zero attached hydrogens (tertiary/aromatic N) is 3. The summed E-state index contributed by atoms with van der Waals surface area (Å²) in [5.41, 5.74) is 1.95. The third-order valence-electron chi connectivity index (χ3n) is 4.04. The first-order chi connectivity index (χ1) is 12.4. The monoisotopic (exact) mass is 415 g/mol. The van der Waals surface area contributed by atoms with E-state index in [4.69, 9.17) is 0 Å². The standard InChI is InChI=1S/C19H18BrN3O3/c1-3-8-23-15-6-5-12(20)10-13(15)17(19(23)26)21-22-18(25)14-9-11(2)4-7-16(14)24/h4-7,9-10,24,26H,3,8H2,1-2H3. The number of halogens is 1. The summed E-state index contributed by atoms with van der Waals surface area (Å²) in [7, 11) is 0. The molecule has 7 heteroatoms. The van der Waals surface area contributed by atoms with Crippen molar-refractivity contribution in [2.45, 2.75) is 26.8 Å². The van der Waals surface area contributed by atoms with Crippen molar-refractivity contribution in [3.05, 3.63) is 52.0 Å². The Morgan fingerprint density at radius 1 is 1.19 bits per heavy atom. The molecule has 0 aliphatic heterocycles. The number of hydrogen-bond donors (Lipinski definition) is 2. The third-order valence-corrected chi connectivity index (χ3v) is 4.54. The molecule has 0 spiro atoms. The van der Waals surface area contributed by atoms with Crippen molar-refractivity contribution in [3.8, 4) is 11.6 Å². The summed E-state index contributed by atoms with van der Waals surface area (Å²) in [6.07, 6.45) is 0.833. The second-order valence-corrected chi connectivity index (χ2v) is 6.93. The number of amides is 1. The summed E-state index contributed by atoms with van der Waals surface area (Å²) in [6, 6.07) is 10.3. The first kappa shape index (κ1) is 18.1. The Bertz CT molecular complexity index is 1020. The molecule has 2 aromatic carbocycles. The molecule has 3 aromatic rings. The van der Waals surface area contributed by atoms with E-state index < -0.39 is 5.91 Å². The number of phenols is 1. The molecule has 0 saturated heterocycles. The molecule has 0 aliphatic rings. The minimum absolute atomic E-state index is 0.0371. The second kappa shape index (κ2) is 7.29. The molecule has 0 saturated carbocycles. The molecule has 0 fully saturated rings. The Labute approximate surface area is 158 Å². The molecule has 1 aromatic heterocycles. The number of carbonyl (C=O) groups is 1. The van der Waals surface area contributed by atoms with Crippen LogP contribution in [-0.4, -0.2) is 20.7 Å². The Hall–Kier alpha value is -2.67. The molecule has 6 nitrogen and oxygen atoms in total. The molecule has 3 rings (SSSR count). The molecular weight excluding hydrogens is 398 g/mol. The second-order valence-electron chi connectivity index (χ2n) is 6.01. The maximum Gasteiger partial charge on any atom is 0.299 e. The molecule has 0 bridgehead atoms. The van der Waals surface area contributed by atoms with Crippen molar-refractivity contribution in [2.24, 2.45) is 10.2 Å². The van der Waals surface area contributed by atoms with Gasteiger partial charge in [0.1, 0.15) is 5.75 Å². The zero-order valence-corrected chi connectivity index (χ0v) is 16.0. The van der Waals surface area contributed by atoms with Crippen LogP contribution < -0.4 is 0 Å². The van der Waals surface area contributed by atoms with Gasteiger partial charge in [-0.25, -0.2) is 0 Å². The number of aromatic nitrogens is 1. The third kappa shape index (κ3) is 3.35. The molecule has 0 unspecified atom stereocenters. The van der Waals surface area contributed by atoms with Crippen LogP contribution in [0.15, 0.2) is 51.1 Å². The predicted octanol–water partition coefficient (Wildman–Crippen LogP) is 5.46. The molecule has 2 N–H and O–H groups in total. The number of aryl methyl sites for hydroxylation is 2. The Morgan fingerprint density at radius 3 is 2.69 bits per heavy atom. The van der Waals surface area contributed by atoms with Gasteiger partial charge in [0, 0.05) is 16.4 Å². The van der Waals surface area contributed by atoms with Gasteiger partial charge in [-0.1, -0.05) is 34.5 Å². The smallest absolute Gasteiger partial charge is 0.299 e. The lowest BCUT2D eigenvalue weighted by Crippen LogP contribution is -1.95. The average Bonchev–Trinajstić information content (AvgIpc) is 2.86. The van der Waals surface area contributed by atoms with Crippen LogP contribution in [0.25, 0.3) is 10.9 Å². The van der Waals surface area contributed by atoms with Gasteiger partial charge in [-0.05, 0) is 43.7 Å². The highest BCUT2D eigenvalue weighted by atomic mass is 79.9. The zero-order chi connectivity index (χ0) is 18.8. The van der Waals surface area contributed by atoms with Crippen LogP contribution in [0, 0.1) is 6.92 Å². The van der Waals surface area contributed by atoms with Crippen molar-refractivity contribution in [3.63, 3.8) is 0 Å². The molecule has 0 atom stereocenters. The molecule has 0 radical (unpaired) electrons. The Kier molecular flexibility index (Phi) is 5.08. The van der Waals surface area contributed by atoms with Crippen molar-refractivity contribution in [1.29, 1.82) is 0 Å². The van der Waals surface area contributed by atoms with Crippen LogP contribution in [0.3, 0.4) is 0 Å². The van der Waals surface area contributed by atoms with Crippen molar-refractivity contribution < 1.29 is 15.0 Å². The van der Waals surface area contributed by atoms with Crippen molar-refractivity contribution in [1.82, 2.24) is 4.57 Å². The number of carbonyl (C=O) groups excluding carboxylic acids is 1. The van der Waals surface area contributed by atoms with E-state index in [1.54, 1.807) is 16.7 Å². The normalized spacial score (nSPS) is 11.5. The molecule has 26 heavy (non-hydrogen) atoms. The first-order valence-electron chi connectivity index (χ1n) is 8.18. The SMILES string of the molecule is CCCn1c(O)c(N=NC(=O)c2cc(C)ccc2O)c2cc(Br)ccc21. The maximum absolute atomic E-state index is 12.3. The van der Waals surface area contributed by atoms with Crippen LogP contribution in [0.1, 0.15) is 29.3 Å². The summed E-state index contributed by atoms with van der Waals surface area (Å²) >= 11 is 3.41. The first-order valence-corrected chi connectivity index (χ1v) is 8.98. The topological polar surface area (TPSA) is 87.2 Å². The minimum Gasteiger partial charge on any atom is -0.507 e. The van der Waals surface area contributed by atoms with E-state index >= 15 is 0 Å². The lowest BCUT2D eigenvalue weighted by Gasteiger charge is -2.04. The van der Waals surface area contributed by atoms with E-state index in [1.807, 2.05) is 32.0 Å². The summed E-state index contributed by atoms with van der Waals surface area (Å²) in [5.74, 6) is -0.859. The van der Waals surface area contributed by atoms with E-state index in [0.717, 1.165) is 22.0 Å². The van der Waals surface area contributed by atoms with Gasteiger partial charge in [-0.3, -0.25) is 4.79 Å². The Morgan fingerprint density at radius 2 is 1.96 bits per heavy atom. The predicted molar refractivity (Wildman–Crippen MR) is 103 cm³/mol. The zero-order valence-electron chi connectivity index (χ0n) is 14.4. The molecule has 1 heterocycles. The highest BCUT2D eigenvalue weighted by molar-refractivity contribution is 9.10. The number of azo groups is 1. The van der Waals surface area contributed by atoms with E-state index in [-0.39, 0.29) is 22.9 Å². The van der Waals surface area contributed by atoms with E-state index in [2.05, 4.69) is 26.2 Å². The average molecular weight is 416 g/mol. The van der Waals surface area contributed by atoms with E-state index in [1.165, 1.54) is 6.07 Å². The highest BCUT2D eigenvalue weighted by Gasteiger charge is 2.18. The number of hydrogen-bond acceptors (Lipinski definition) is 4. The fourth-order valence-corrected chi connectivity index (χ4v) is 3.18. The lowest BCUT2D eigenvalue weighted by atomic mass is 10.1. The van der Waals surface area contributed by atoms with Gasteiger partial charge >= 0.3 is 0 Å². The fourth-order valence-electron chi connectivity index (χ4n) is 2.81. The quantitative estimate of drug-likeness (QED) is 0.554. The van der Waals surface area contributed by atoms with Crippen molar-refractivity contribution in [2.75, 3.05) is 0 Å². The van der Waals surface area contributed by atoms with Crippen LogP contribution in [0.5, 0.6) is 11.6 Å². The molecule has 1 amide bonds. The summed E-state index contributed by atoms with van der Waals surface area (Å²) < 4.78 is 2.57. The van der Waals surface area contributed by atoms with Gasteiger partial charge in [0.2, 0.25) is 5.88 Å². The minimum atomic E-state index is -0.669. The Balaban J connectivity index is 2.06. The lowest BCUT2D eigenvalue weighted by molar-refractivity contribution is 0.0992. The van der Waals surface area contributed by atoms with Crippen LogP contribution in [0.4, 0.5) is 5.69 Å². The number of rotatable bonds is 4. The van der Waals surface area contributed by atoms with Crippen molar-refractivity contribution >= 4 is 38.4 Å². The van der Waals surface area contributed by atoms with Gasteiger partial charge in [0.25, 0.3) is 5.91 Å². The molecule has 0 aliphatic carbocycles. The van der Waals surface area contributed by atoms with Crippen LogP contribution in [-0.2, 0) is 6.54 Å². The molecular formula is C19H18BrN3O3. The summed E-state index contributed by atoms with van der Waals surface area (Å²) in [6.45, 7) is 4.44. The summed E-state index contributed by atoms with van der Waals surface area (Å²) in [5, 5.41) is 28.8. The fraction of sp³-hybridized carbons (Fsp3) is 0.211. The number of phenolic OH excluding ortho intramolecular Hbond substituents is 1. The number of benzene rings is 2. The largest absolute Gasteiger partial charge is 0.507 e. The van der Waals surface area contributed by atoms with Gasteiger partial charge in [-0.15, -0.1) is 10.2 Å². The number of fused-ring (bicyclic) bond motifs is 1. The number of aromatic hydroxyl groups is 2.